The van der Waals surface area contributed by atoms with Gasteiger partial charge in [0.1, 0.15) is 0 Å². The molecular weight excluding hydrogens is 224 g/mol. The first kappa shape index (κ1) is 9.23. The number of thiazole rings is 1. The van der Waals surface area contributed by atoms with Crippen molar-refractivity contribution in [2.45, 2.75) is 0 Å². The van der Waals surface area contributed by atoms with Crippen LogP contribution in [-0.4, -0.2) is 21.0 Å². The first-order valence-electron chi connectivity index (χ1n) is 4.63. The maximum Gasteiger partial charge on any atom is 0.365 e. The highest BCUT2D eigenvalue weighted by Crippen LogP contribution is 2.28. The highest BCUT2D eigenvalue weighted by Gasteiger charge is 2.12. The molecule has 0 bridgehead atoms. The maximum atomic E-state index is 10.8. The van der Waals surface area contributed by atoms with Crippen molar-refractivity contribution in [3.8, 4) is 0 Å². The molecule has 0 radical (unpaired) electrons. The fourth-order valence-corrected chi connectivity index (χ4v) is 2.53. The smallest absolute Gasteiger partial charge is 0.365 e. The van der Waals surface area contributed by atoms with Crippen molar-refractivity contribution in [3.63, 3.8) is 0 Å². The molecule has 2 aromatic heterocycles. The van der Waals surface area contributed by atoms with Gasteiger partial charge in [0, 0.05) is 11.6 Å². The molecule has 0 fully saturated rings. The highest BCUT2D eigenvalue weighted by atomic mass is 32.1. The minimum atomic E-state index is -0.995. The van der Waals surface area contributed by atoms with Gasteiger partial charge in [-0.3, -0.25) is 4.98 Å². The number of rotatable bonds is 1. The molecule has 16 heavy (non-hydrogen) atoms. The molecule has 78 valence electrons. The lowest BCUT2D eigenvalue weighted by Gasteiger charge is -1.95. The van der Waals surface area contributed by atoms with Gasteiger partial charge in [0.2, 0.25) is 5.01 Å². The van der Waals surface area contributed by atoms with Crippen LogP contribution in [0.4, 0.5) is 0 Å². The summed E-state index contributed by atoms with van der Waals surface area (Å²) in [7, 11) is 0. The van der Waals surface area contributed by atoms with Crippen molar-refractivity contribution >= 4 is 38.4 Å². The third kappa shape index (κ3) is 1.25. The third-order valence-corrected chi connectivity index (χ3v) is 3.38. The summed E-state index contributed by atoms with van der Waals surface area (Å²) in [5.74, 6) is -0.995. The Balaban J connectivity index is 2.46. The Morgan fingerprint density at radius 2 is 2.19 bits per heavy atom. The fourth-order valence-electron chi connectivity index (χ4n) is 1.62. The molecular formula is C11H6N2O2S. The molecule has 0 aliphatic carbocycles. The van der Waals surface area contributed by atoms with Gasteiger partial charge in [-0.2, -0.15) is 0 Å². The van der Waals surface area contributed by atoms with E-state index in [1.54, 1.807) is 6.20 Å². The average molecular weight is 230 g/mol. The van der Waals surface area contributed by atoms with Crippen molar-refractivity contribution in [1.82, 2.24) is 9.97 Å². The van der Waals surface area contributed by atoms with Gasteiger partial charge >= 0.3 is 5.97 Å². The molecule has 3 aromatic rings. The Kier molecular flexibility index (Phi) is 1.87. The molecule has 0 saturated heterocycles. The summed E-state index contributed by atoms with van der Waals surface area (Å²) in [5.41, 5.74) is 1.50. The van der Waals surface area contributed by atoms with Crippen LogP contribution in [0.15, 0.2) is 30.5 Å². The topological polar surface area (TPSA) is 63.1 Å². The first-order valence-corrected chi connectivity index (χ1v) is 5.45. The number of aromatic nitrogens is 2. The van der Waals surface area contributed by atoms with Gasteiger partial charge < -0.3 is 5.11 Å². The molecule has 4 nitrogen and oxygen atoms in total. The van der Waals surface area contributed by atoms with E-state index in [1.165, 1.54) is 0 Å². The summed E-state index contributed by atoms with van der Waals surface area (Å²) < 4.78 is 0.829. The summed E-state index contributed by atoms with van der Waals surface area (Å²) in [4.78, 5) is 19.1. The minimum absolute atomic E-state index is 0.105. The second kappa shape index (κ2) is 3.24. The second-order valence-corrected chi connectivity index (χ2v) is 4.31. The van der Waals surface area contributed by atoms with E-state index >= 15 is 0 Å². The molecule has 3 rings (SSSR count). The van der Waals surface area contributed by atoms with Crippen molar-refractivity contribution in [3.05, 3.63) is 35.5 Å². The molecule has 0 atom stereocenters. The molecule has 2 heterocycles. The summed E-state index contributed by atoms with van der Waals surface area (Å²) in [6, 6.07) is 7.52. The third-order valence-electron chi connectivity index (χ3n) is 2.31. The number of carbonyl (C=O) groups is 1. The average Bonchev–Trinajstić information content (AvgIpc) is 2.73. The predicted molar refractivity (Wildman–Crippen MR) is 61.9 cm³/mol. The number of carboxylic acid groups (broad SMARTS) is 1. The molecule has 0 unspecified atom stereocenters. The van der Waals surface area contributed by atoms with E-state index in [9.17, 15) is 4.79 Å². The number of hydrogen-bond donors (Lipinski definition) is 1. The van der Waals surface area contributed by atoms with Crippen LogP contribution in [0.5, 0.6) is 0 Å². The lowest BCUT2D eigenvalue weighted by Crippen LogP contribution is -1.93. The van der Waals surface area contributed by atoms with Crippen LogP contribution in [0.25, 0.3) is 21.1 Å². The molecule has 1 aromatic carbocycles. The maximum absolute atomic E-state index is 10.8. The normalized spacial score (nSPS) is 11.0. The van der Waals surface area contributed by atoms with Crippen molar-refractivity contribution in [1.29, 1.82) is 0 Å². The monoisotopic (exact) mass is 230 g/mol. The van der Waals surface area contributed by atoms with E-state index in [2.05, 4.69) is 9.97 Å². The van der Waals surface area contributed by atoms with E-state index in [1.807, 2.05) is 24.3 Å². The number of nitrogens with zero attached hydrogens (tertiary/aromatic N) is 2. The Bertz CT molecular complexity index is 705. The molecule has 0 aliphatic rings. The van der Waals surface area contributed by atoms with Gasteiger partial charge in [0.15, 0.2) is 0 Å². The zero-order valence-corrected chi connectivity index (χ0v) is 8.86. The zero-order chi connectivity index (χ0) is 11.1. The standard InChI is InChI=1S/C11H6N2O2S/c14-11(15)10-13-7-4-3-6-2-1-5-12-8(6)9(7)16-10/h1-5H,(H,14,15). The summed E-state index contributed by atoms with van der Waals surface area (Å²) in [6.45, 7) is 0. The van der Waals surface area contributed by atoms with Crippen LogP contribution in [0.1, 0.15) is 9.80 Å². The lowest BCUT2D eigenvalue weighted by atomic mass is 10.2. The summed E-state index contributed by atoms with van der Waals surface area (Å²) in [6.07, 6.45) is 1.70. The largest absolute Gasteiger partial charge is 0.476 e. The Morgan fingerprint density at radius 3 is 3.00 bits per heavy atom. The second-order valence-electron chi connectivity index (χ2n) is 3.31. The van der Waals surface area contributed by atoms with Gasteiger partial charge in [0.05, 0.1) is 15.7 Å². The molecule has 0 amide bonds. The van der Waals surface area contributed by atoms with Crippen LogP contribution in [0.2, 0.25) is 0 Å². The van der Waals surface area contributed by atoms with Crippen LogP contribution in [0.3, 0.4) is 0 Å². The Labute approximate surface area is 94.2 Å². The molecule has 0 saturated carbocycles. The number of carboxylic acids is 1. The summed E-state index contributed by atoms with van der Waals surface area (Å²) in [5, 5.41) is 9.99. The van der Waals surface area contributed by atoms with Gasteiger partial charge in [-0.1, -0.05) is 12.1 Å². The van der Waals surface area contributed by atoms with Gasteiger partial charge in [-0.05, 0) is 12.1 Å². The predicted octanol–water partition coefficient (Wildman–Crippen LogP) is 2.54. The van der Waals surface area contributed by atoms with Gasteiger partial charge in [-0.25, -0.2) is 9.78 Å². The fraction of sp³-hybridized carbons (Fsp3) is 0. The van der Waals surface area contributed by atoms with Crippen molar-refractivity contribution < 1.29 is 9.90 Å². The zero-order valence-electron chi connectivity index (χ0n) is 8.04. The Hall–Kier alpha value is -2.01. The van der Waals surface area contributed by atoms with E-state index in [0.29, 0.717) is 5.52 Å². The minimum Gasteiger partial charge on any atom is -0.476 e. The van der Waals surface area contributed by atoms with E-state index in [4.69, 9.17) is 5.11 Å². The van der Waals surface area contributed by atoms with Crippen LogP contribution >= 0.6 is 11.3 Å². The van der Waals surface area contributed by atoms with E-state index in [-0.39, 0.29) is 5.01 Å². The number of hydrogen-bond acceptors (Lipinski definition) is 4. The van der Waals surface area contributed by atoms with Gasteiger partial charge in [0.25, 0.3) is 0 Å². The molecule has 0 spiro atoms. The van der Waals surface area contributed by atoms with Crippen molar-refractivity contribution in [2.75, 3.05) is 0 Å². The highest BCUT2D eigenvalue weighted by molar-refractivity contribution is 7.21. The number of pyridine rings is 1. The molecule has 1 N–H and O–H groups in total. The molecule has 0 aliphatic heterocycles. The summed E-state index contributed by atoms with van der Waals surface area (Å²) >= 11 is 1.16. The van der Waals surface area contributed by atoms with Gasteiger partial charge in [-0.15, -0.1) is 11.3 Å². The number of benzene rings is 1. The molecule has 5 heteroatoms. The van der Waals surface area contributed by atoms with E-state index < -0.39 is 5.97 Å². The first-order chi connectivity index (χ1) is 7.75. The number of fused-ring (bicyclic) bond motifs is 3. The Morgan fingerprint density at radius 1 is 1.31 bits per heavy atom. The lowest BCUT2D eigenvalue weighted by molar-refractivity contribution is 0.0696. The van der Waals surface area contributed by atoms with Crippen LogP contribution in [0, 0.1) is 0 Å². The SMILES string of the molecule is O=C(O)c1nc2ccc3cccnc3c2s1. The number of aromatic carboxylic acids is 1. The van der Waals surface area contributed by atoms with Crippen molar-refractivity contribution in [2.24, 2.45) is 0 Å². The quantitative estimate of drug-likeness (QED) is 0.697. The van der Waals surface area contributed by atoms with E-state index in [0.717, 1.165) is 26.9 Å². The van der Waals surface area contributed by atoms with Crippen LogP contribution in [-0.2, 0) is 0 Å². The van der Waals surface area contributed by atoms with Crippen LogP contribution < -0.4 is 0 Å².